The SMILES string of the molecule is CCC(=O)c1sc(NCCN(CC)CC)c(C#N)c1N. The average molecular weight is 294 g/mol. The molecular formula is C14H22N4OS. The minimum absolute atomic E-state index is 0.0132. The van der Waals surface area contributed by atoms with Gasteiger partial charge in [0.05, 0.1) is 10.6 Å². The molecule has 0 bridgehead atoms. The van der Waals surface area contributed by atoms with Crippen LogP contribution in [0.2, 0.25) is 0 Å². The summed E-state index contributed by atoms with van der Waals surface area (Å²) in [4.78, 5) is 14.6. The quantitative estimate of drug-likeness (QED) is 0.720. The second-order valence-corrected chi connectivity index (χ2v) is 5.41. The Labute approximate surface area is 124 Å². The molecule has 0 aromatic carbocycles. The fourth-order valence-corrected chi connectivity index (χ4v) is 3.02. The van der Waals surface area contributed by atoms with Gasteiger partial charge in [0.15, 0.2) is 5.78 Å². The van der Waals surface area contributed by atoms with Crippen molar-refractivity contribution in [3.63, 3.8) is 0 Å². The van der Waals surface area contributed by atoms with Crippen molar-refractivity contribution in [2.75, 3.05) is 37.2 Å². The number of thiophene rings is 1. The molecule has 0 aliphatic heterocycles. The van der Waals surface area contributed by atoms with E-state index in [1.54, 1.807) is 6.92 Å². The number of nitrogen functional groups attached to an aromatic ring is 1. The second-order valence-electron chi connectivity index (χ2n) is 4.39. The van der Waals surface area contributed by atoms with E-state index in [4.69, 9.17) is 5.73 Å². The van der Waals surface area contributed by atoms with Crippen LogP contribution in [0.5, 0.6) is 0 Å². The highest BCUT2D eigenvalue weighted by Gasteiger charge is 2.19. The largest absolute Gasteiger partial charge is 0.396 e. The van der Waals surface area contributed by atoms with Crippen molar-refractivity contribution < 1.29 is 4.79 Å². The Morgan fingerprint density at radius 2 is 2.05 bits per heavy atom. The number of hydrogen-bond acceptors (Lipinski definition) is 6. The van der Waals surface area contributed by atoms with Crippen LogP contribution in [0.1, 0.15) is 42.4 Å². The van der Waals surface area contributed by atoms with Gasteiger partial charge in [0.1, 0.15) is 16.6 Å². The Morgan fingerprint density at radius 1 is 1.40 bits per heavy atom. The maximum atomic E-state index is 11.8. The van der Waals surface area contributed by atoms with Crippen molar-refractivity contribution >= 4 is 27.8 Å². The standard InChI is InChI=1S/C14H22N4OS/c1-4-11(19)13-12(16)10(9-15)14(20-13)17-7-8-18(5-2)6-3/h17H,4-8,16H2,1-3H3. The van der Waals surface area contributed by atoms with E-state index in [2.05, 4.69) is 30.1 Å². The van der Waals surface area contributed by atoms with Crippen molar-refractivity contribution in [1.29, 1.82) is 5.26 Å². The average Bonchev–Trinajstić information content (AvgIpc) is 2.79. The van der Waals surface area contributed by atoms with Crippen molar-refractivity contribution in [3.05, 3.63) is 10.4 Å². The lowest BCUT2D eigenvalue weighted by molar-refractivity contribution is 0.0993. The van der Waals surface area contributed by atoms with E-state index in [1.807, 2.05) is 0 Å². The highest BCUT2D eigenvalue weighted by Crippen LogP contribution is 2.35. The Bertz CT molecular complexity index is 500. The Kier molecular flexibility index (Phi) is 6.49. The summed E-state index contributed by atoms with van der Waals surface area (Å²) in [6.45, 7) is 9.64. The first-order valence-corrected chi connectivity index (χ1v) is 7.72. The van der Waals surface area contributed by atoms with Crippen LogP contribution in [0.25, 0.3) is 0 Å². The molecule has 0 aliphatic carbocycles. The van der Waals surface area contributed by atoms with Gasteiger partial charge in [-0.3, -0.25) is 4.79 Å². The number of ketones is 1. The smallest absolute Gasteiger partial charge is 0.174 e. The molecule has 1 rings (SSSR count). The summed E-state index contributed by atoms with van der Waals surface area (Å²) >= 11 is 1.28. The molecule has 0 fully saturated rings. The third-order valence-electron chi connectivity index (χ3n) is 3.24. The Balaban J connectivity index is 2.80. The van der Waals surface area contributed by atoms with E-state index in [0.717, 1.165) is 26.2 Å². The van der Waals surface area contributed by atoms with Crippen LogP contribution in [0.4, 0.5) is 10.7 Å². The van der Waals surface area contributed by atoms with Gasteiger partial charge in [0.25, 0.3) is 0 Å². The summed E-state index contributed by atoms with van der Waals surface area (Å²) < 4.78 is 0. The number of nitriles is 1. The fraction of sp³-hybridized carbons (Fsp3) is 0.571. The molecule has 0 unspecified atom stereocenters. The maximum absolute atomic E-state index is 11.8. The number of hydrogen-bond donors (Lipinski definition) is 2. The van der Waals surface area contributed by atoms with Crippen LogP contribution in [0.15, 0.2) is 0 Å². The number of Topliss-reactive ketones (excluding diaryl/α,β-unsaturated/α-hetero) is 1. The van der Waals surface area contributed by atoms with Crippen molar-refractivity contribution in [2.45, 2.75) is 27.2 Å². The lowest BCUT2D eigenvalue weighted by atomic mass is 10.2. The number of anilines is 2. The number of carbonyl (C=O) groups excluding carboxylic acids is 1. The minimum atomic E-state index is -0.0132. The number of nitrogens with zero attached hydrogens (tertiary/aromatic N) is 2. The molecule has 0 saturated heterocycles. The predicted octanol–water partition coefficient (Wildman–Crippen LogP) is 2.55. The molecule has 0 aliphatic rings. The van der Waals surface area contributed by atoms with Gasteiger partial charge in [0, 0.05) is 19.5 Å². The van der Waals surface area contributed by atoms with Gasteiger partial charge < -0.3 is 16.0 Å². The van der Waals surface area contributed by atoms with Crippen LogP contribution < -0.4 is 11.1 Å². The highest BCUT2D eigenvalue weighted by molar-refractivity contribution is 7.19. The van der Waals surface area contributed by atoms with Gasteiger partial charge in [-0.1, -0.05) is 20.8 Å². The van der Waals surface area contributed by atoms with Crippen molar-refractivity contribution in [1.82, 2.24) is 4.90 Å². The molecule has 1 aromatic heterocycles. The van der Waals surface area contributed by atoms with Crippen LogP contribution in [-0.2, 0) is 0 Å². The Hall–Kier alpha value is -1.58. The number of nitrogens with one attached hydrogen (secondary N) is 1. The van der Waals surface area contributed by atoms with E-state index in [9.17, 15) is 10.1 Å². The number of nitrogens with two attached hydrogens (primary N) is 1. The van der Waals surface area contributed by atoms with Gasteiger partial charge in [-0.2, -0.15) is 5.26 Å². The molecule has 5 nitrogen and oxygen atoms in total. The van der Waals surface area contributed by atoms with E-state index in [0.29, 0.717) is 27.5 Å². The molecule has 0 spiro atoms. The zero-order valence-electron chi connectivity index (χ0n) is 12.3. The van der Waals surface area contributed by atoms with E-state index < -0.39 is 0 Å². The highest BCUT2D eigenvalue weighted by atomic mass is 32.1. The maximum Gasteiger partial charge on any atom is 0.174 e. The molecule has 6 heteroatoms. The van der Waals surface area contributed by atoms with Gasteiger partial charge in [-0.05, 0) is 13.1 Å². The monoisotopic (exact) mass is 294 g/mol. The van der Waals surface area contributed by atoms with Gasteiger partial charge in [0.2, 0.25) is 0 Å². The molecule has 0 amide bonds. The predicted molar refractivity (Wildman–Crippen MR) is 84.3 cm³/mol. The molecular weight excluding hydrogens is 272 g/mol. The van der Waals surface area contributed by atoms with Gasteiger partial charge in [-0.15, -0.1) is 11.3 Å². The molecule has 1 heterocycles. The van der Waals surface area contributed by atoms with Crippen LogP contribution in [-0.4, -0.2) is 36.9 Å². The molecule has 3 N–H and O–H groups in total. The van der Waals surface area contributed by atoms with E-state index >= 15 is 0 Å². The van der Waals surface area contributed by atoms with Crippen LogP contribution in [0, 0.1) is 11.3 Å². The van der Waals surface area contributed by atoms with Crippen LogP contribution >= 0.6 is 11.3 Å². The zero-order chi connectivity index (χ0) is 15.1. The van der Waals surface area contributed by atoms with Crippen molar-refractivity contribution in [3.8, 4) is 6.07 Å². The topological polar surface area (TPSA) is 82.2 Å². The summed E-state index contributed by atoms with van der Waals surface area (Å²) in [5.74, 6) is -0.0132. The third-order valence-corrected chi connectivity index (χ3v) is 4.44. The number of carbonyl (C=O) groups is 1. The molecule has 0 atom stereocenters. The second kappa shape index (κ2) is 7.88. The first-order chi connectivity index (χ1) is 9.58. The fourth-order valence-electron chi connectivity index (χ4n) is 1.91. The molecule has 1 aromatic rings. The summed E-state index contributed by atoms with van der Waals surface area (Å²) in [5, 5.41) is 13.1. The van der Waals surface area contributed by atoms with E-state index in [-0.39, 0.29) is 5.78 Å². The summed E-state index contributed by atoms with van der Waals surface area (Å²) in [7, 11) is 0. The number of rotatable bonds is 8. The Morgan fingerprint density at radius 3 is 2.55 bits per heavy atom. The normalized spacial score (nSPS) is 10.6. The van der Waals surface area contributed by atoms with Gasteiger partial charge in [-0.25, -0.2) is 0 Å². The lowest BCUT2D eigenvalue weighted by Gasteiger charge is -2.18. The van der Waals surface area contributed by atoms with Crippen LogP contribution in [0.3, 0.4) is 0 Å². The summed E-state index contributed by atoms with van der Waals surface area (Å²) in [6, 6.07) is 2.09. The van der Waals surface area contributed by atoms with Crippen molar-refractivity contribution in [2.24, 2.45) is 0 Å². The molecule has 110 valence electrons. The summed E-state index contributed by atoms with van der Waals surface area (Å²) in [6.07, 6.45) is 0.397. The van der Waals surface area contributed by atoms with Gasteiger partial charge >= 0.3 is 0 Å². The summed E-state index contributed by atoms with van der Waals surface area (Å²) in [5.41, 5.74) is 6.60. The minimum Gasteiger partial charge on any atom is -0.396 e. The zero-order valence-corrected chi connectivity index (χ0v) is 13.1. The number of likely N-dealkylation sites (N-methyl/N-ethyl adjacent to an activating group) is 1. The molecule has 0 saturated carbocycles. The molecule has 20 heavy (non-hydrogen) atoms. The first-order valence-electron chi connectivity index (χ1n) is 6.90. The third kappa shape index (κ3) is 3.71. The lowest BCUT2D eigenvalue weighted by Crippen LogP contribution is -2.28. The van der Waals surface area contributed by atoms with E-state index in [1.165, 1.54) is 11.3 Å². The first kappa shape index (κ1) is 16.5. The molecule has 0 radical (unpaired) electrons.